The maximum Gasteiger partial charge on any atom is 0.223 e. The van der Waals surface area contributed by atoms with Gasteiger partial charge in [-0.25, -0.2) is 0 Å². The Bertz CT molecular complexity index is 203. The van der Waals surface area contributed by atoms with Crippen LogP contribution in [-0.4, -0.2) is 23.9 Å². The number of amides is 1. The third-order valence-corrected chi connectivity index (χ3v) is 1.69. The molecule has 72 valence electrons. The van der Waals surface area contributed by atoms with Crippen LogP contribution >= 0.6 is 0 Å². The molecule has 13 heavy (non-hydrogen) atoms. The summed E-state index contributed by atoms with van der Waals surface area (Å²) >= 11 is 0. The first kappa shape index (κ1) is 11.8. The monoisotopic (exact) mass is 179 g/mol. The summed E-state index contributed by atoms with van der Waals surface area (Å²) < 4.78 is 0. The van der Waals surface area contributed by atoms with Crippen molar-refractivity contribution in [1.82, 2.24) is 4.90 Å². The lowest BCUT2D eigenvalue weighted by molar-refractivity contribution is -0.130. The maximum atomic E-state index is 11.5. The van der Waals surface area contributed by atoms with Gasteiger partial charge >= 0.3 is 0 Å². The first-order chi connectivity index (χ1) is 6.26. The van der Waals surface area contributed by atoms with Gasteiger partial charge in [0, 0.05) is 13.0 Å². The normalized spacial score (nSPS) is 8.92. The Balaban J connectivity index is 3.96. The third kappa shape index (κ3) is 5.08. The van der Waals surface area contributed by atoms with Gasteiger partial charge in [-0.2, -0.15) is 0 Å². The van der Waals surface area contributed by atoms with E-state index in [0.717, 1.165) is 19.4 Å². The van der Waals surface area contributed by atoms with Crippen LogP contribution < -0.4 is 0 Å². The SMILES string of the molecule is C#CCN(CCC)C(=O)CCC=C. The van der Waals surface area contributed by atoms with E-state index in [4.69, 9.17) is 6.42 Å². The molecule has 0 N–H and O–H groups in total. The third-order valence-electron chi connectivity index (χ3n) is 1.69. The van der Waals surface area contributed by atoms with Gasteiger partial charge in [0.2, 0.25) is 5.91 Å². The van der Waals surface area contributed by atoms with E-state index >= 15 is 0 Å². The second-order valence-electron chi connectivity index (χ2n) is 2.85. The number of nitrogens with zero attached hydrogens (tertiary/aromatic N) is 1. The molecule has 0 radical (unpaired) electrons. The summed E-state index contributed by atoms with van der Waals surface area (Å²) in [5, 5.41) is 0. The number of allylic oxidation sites excluding steroid dienone is 1. The highest BCUT2D eigenvalue weighted by molar-refractivity contribution is 5.76. The molecular formula is C11H17NO. The fourth-order valence-corrected chi connectivity index (χ4v) is 1.06. The summed E-state index contributed by atoms with van der Waals surface area (Å²) in [6, 6.07) is 0. The van der Waals surface area contributed by atoms with Gasteiger partial charge in [0.25, 0.3) is 0 Å². The predicted molar refractivity (Wildman–Crippen MR) is 55.1 cm³/mol. The van der Waals surface area contributed by atoms with Gasteiger partial charge in [0.05, 0.1) is 6.54 Å². The van der Waals surface area contributed by atoms with Crippen molar-refractivity contribution in [2.24, 2.45) is 0 Å². The van der Waals surface area contributed by atoms with E-state index in [1.165, 1.54) is 0 Å². The van der Waals surface area contributed by atoms with Crippen LogP contribution in [0.5, 0.6) is 0 Å². The zero-order valence-corrected chi connectivity index (χ0v) is 8.25. The number of hydrogen-bond donors (Lipinski definition) is 0. The van der Waals surface area contributed by atoms with E-state index in [-0.39, 0.29) is 5.91 Å². The molecule has 0 spiro atoms. The highest BCUT2D eigenvalue weighted by Crippen LogP contribution is 1.99. The van der Waals surface area contributed by atoms with Crippen molar-refractivity contribution in [1.29, 1.82) is 0 Å². The first-order valence-corrected chi connectivity index (χ1v) is 4.58. The molecule has 0 unspecified atom stereocenters. The van der Waals surface area contributed by atoms with Crippen molar-refractivity contribution >= 4 is 5.91 Å². The average molecular weight is 179 g/mol. The van der Waals surface area contributed by atoms with Gasteiger partial charge < -0.3 is 4.90 Å². The van der Waals surface area contributed by atoms with Crippen LogP contribution in [0, 0.1) is 12.3 Å². The Morgan fingerprint density at radius 1 is 1.69 bits per heavy atom. The first-order valence-electron chi connectivity index (χ1n) is 4.58. The van der Waals surface area contributed by atoms with Gasteiger partial charge in [-0.15, -0.1) is 13.0 Å². The Labute approximate surface area is 80.6 Å². The summed E-state index contributed by atoms with van der Waals surface area (Å²) in [5.41, 5.74) is 0. The smallest absolute Gasteiger partial charge is 0.223 e. The van der Waals surface area contributed by atoms with Crippen LogP contribution in [0.25, 0.3) is 0 Å². The summed E-state index contributed by atoms with van der Waals surface area (Å²) in [5.74, 6) is 2.61. The van der Waals surface area contributed by atoms with Crippen LogP contribution in [0.3, 0.4) is 0 Å². The highest BCUT2D eigenvalue weighted by Gasteiger charge is 2.09. The minimum atomic E-state index is 0.125. The van der Waals surface area contributed by atoms with E-state index in [0.29, 0.717) is 13.0 Å². The molecule has 0 atom stereocenters. The molecule has 2 nitrogen and oxygen atoms in total. The van der Waals surface area contributed by atoms with Crippen molar-refractivity contribution in [2.45, 2.75) is 26.2 Å². The zero-order valence-electron chi connectivity index (χ0n) is 8.25. The fourth-order valence-electron chi connectivity index (χ4n) is 1.06. The number of terminal acetylenes is 1. The van der Waals surface area contributed by atoms with Crippen LogP contribution in [0.1, 0.15) is 26.2 Å². The van der Waals surface area contributed by atoms with Gasteiger partial charge in [-0.3, -0.25) is 4.79 Å². The van der Waals surface area contributed by atoms with Crippen molar-refractivity contribution in [3.05, 3.63) is 12.7 Å². The van der Waals surface area contributed by atoms with E-state index in [1.54, 1.807) is 11.0 Å². The molecule has 0 bridgehead atoms. The van der Waals surface area contributed by atoms with Gasteiger partial charge in [0.1, 0.15) is 0 Å². The molecule has 0 aliphatic heterocycles. The number of carbonyl (C=O) groups is 1. The van der Waals surface area contributed by atoms with Gasteiger partial charge in [-0.1, -0.05) is 18.9 Å². The molecular weight excluding hydrogens is 162 g/mol. The van der Waals surface area contributed by atoms with Gasteiger partial charge in [-0.05, 0) is 12.8 Å². The van der Waals surface area contributed by atoms with E-state index < -0.39 is 0 Å². The quantitative estimate of drug-likeness (QED) is 0.450. The van der Waals surface area contributed by atoms with Crippen LogP contribution in [0.4, 0.5) is 0 Å². The van der Waals surface area contributed by atoms with Crippen molar-refractivity contribution in [3.8, 4) is 12.3 Å². The molecule has 0 aromatic carbocycles. The minimum absolute atomic E-state index is 0.125. The van der Waals surface area contributed by atoms with Crippen LogP contribution in [0.15, 0.2) is 12.7 Å². The molecule has 0 aliphatic carbocycles. The molecule has 0 rings (SSSR count). The second-order valence-corrected chi connectivity index (χ2v) is 2.85. The lowest BCUT2D eigenvalue weighted by Crippen LogP contribution is -2.31. The number of rotatable bonds is 6. The van der Waals surface area contributed by atoms with Crippen LogP contribution in [0.2, 0.25) is 0 Å². The summed E-state index contributed by atoms with van der Waals surface area (Å²) in [4.78, 5) is 13.2. The van der Waals surface area contributed by atoms with Crippen molar-refractivity contribution in [2.75, 3.05) is 13.1 Å². The Morgan fingerprint density at radius 2 is 2.38 bits per heavy atom. The predicted octanol–water partition coefficient (Wildman–Crippen LogP) is 1.82. The van der Waals surface area contributed by atoms with E-state index in [2.05, 4.69) is 12.5 Å². The van der Waals surface area contributed by atoms with Gasteiger partial charge in [0.15, 0.2) is 0 Å². The standard InChI is InChI=1S/C11H17NO/c1-4-7-8-11(13)12(9-5-2)10-6-3/h2,4H,1,6-10H2,3H3. The maximum absolute atomic E-state index is 11.5. The van der Waals surface area contributed by atoms with E-state index in [1.807, 2.05) is 6.92 Å². The summed E-state index contributed by atoms with van der Waals surface area (Å²) in [6.45, 7) is 6.78. The molecule has 0 aromatic heterocycles. The average Bonchev–Trinajstić information content (AvgIpc) is 2.14. The second kappa shape index (κ2) is 7.42. The van der Waals surface area contributed by atoms with Crippen LogP contribution in [-0.2, 0) is 4.79 Å². The Hall–Kier alpha value is -1.23. The van der Waals surface area contributed by atoms with E-state index in [9.17, 15) is 4.79 Å². The molecule has 0 aliphatic rings. The Kier molecular flexibility index (Phi) is 6.72. The minimum Gasteiger partial charge on any atom is -0.332 e. The molecule has 0 aromatic rings. The summed E-state index contributed by atoms with van der Waals surface area (Å²) in [6.07, 6.45) is 9.10. The summed E-state index contributed by atoms with van der Waals surface area (Å²) in [7, 11) is 0. The fraction of sp³-hybridized carbons (Fsp3) is 0.545. The lowest BCUT2D eigenvalue weighted by Gasteiger charge is -2.18. The Morgan fingerprint density at radius 3 is 2.85 bits per heavy atom. The zero-order chi connectivity index (χ0) is 10.1. The van der Waals surface area contributed by atoms with Crippen molar-refractivity contribution in [3.63, 3.8) is 0 Å². The topological polar surface area (TPSA) is 20.3 Å². The number of hydrogen-bond acceptors (Lipinski definition) is 1. The molecule has 0 fully saturated rings. The molecule has 0 saturated carbocycles. The molecule has 2 heteroatoms. The number of carbonyl (C=O) groups excluding carboxylic acids is 1. The van der Waals surface area contributed by atoms with Crippen molar-refractivity contribution < 1.29 is 4.79 Å². The highest BCUT2D eigenvalue weighted by atomic mass is 16.2. The molecule has 1 amide bonds. The lowest BCUT2D eigenvalue weighted by atomic mass is 10.2. The molecule has 0 saturated heterocycles. The molecule has 0 heterocycles. The largest absolute Gasteiger partial charge is 0.332 e.